The third-order valence-corrected chi connectivity index (χ3v) is 5.00. The number of methoxy groups -OCH3 is 1. The molecular formula is C22H26N2O4. The highest BCUT2D eigenvalue weighted by Gasteiger charge is 2.32. The van der Waals surface area contributed by atoms with E-state index in [-0.39, 0.29) is 18.1 Å². The van der Waals surface area contributed by atoms with E-state index in [1.54, 1.807) is 12.0 Å². The Bertz CT molecular complexity index is 848. The summed E-state index contributed by atoms with van der Waals surface area (Å²) in [4.78, 5) is 25.9. The first-order valence-corrected chi connectivity index (χ1v) is 9.41. The zero-order valence-electron chi connectivity index (χ0n) is 16.5. The Morgan fingerprint density at radius 1 is 1.18 bits per heavy atom. The van der Waals surface area contributed by atoms with E-state index in [1.165, 1.54) is 5.56 Å². The molecule has 1 aliphatic heterocycles. The van der Waals surface area contributed by atoms with Gasteiger partial charge in [-0.3, -0.25) is 9.69 Å². The Balaban J connectivity index is 1.46. The number of carbonyl (C=O) groups is 2. The molecular weight excluding hydrogens is 356 g/mol. The average molecular weight is 382 g/mol. The summed E-state index contributed by atoms with van der Waals surface area (Å²) in [6.07, 6.45) is 0.308. The third-order valence-electron chi connectivity index (χ3n) is 5.00. The molecule has 1 fully saturated rings. The lowest BCUT2D eigenvalue weighted by atomic mass is 10.1. The molecule has 0 aliphatic carbocycles. The Morgan fingerprint density at radius 3 is 2.61 bits per heavy atom. The molecule has 0 radical (unpaired) electrons. The smallest absolute Gasteiger partial charge is 0.414 e. The molecule has 6 nitrogen and oxygen atoms in total. The predicted octanol–water partition coefficient (Wildman–Crippen LogP) is 3.39. The summed E-state index contributed by atoms with van der Waals surface area (Å²) in [5.41, 5.74) is 4.20. The third kappa shape index (κ3) is 4.82. The van der Waals surface area contributed by atoms with E-state index in [2.05, 4.69) is 5.32 Å². The van der Waals surface area contributed by atoms with Crippen LogP contribution < -0.4 is 15.0 Å². The van der Waals surface area contributed by atoms with Crippen LogP contribution in [0, 0.1) is 13.8 Å². The van der Waals surface area contributed by atoms with Crippen molar-refractivity contribution in [3.63, 3.8) is 0 Å². The van der Waals surface area contributed by atoms with Gasteiger partial charge in [-0.2, -0.15) is 0 Å². The van der Waals surface area contributed by atoms with Gasteiger partial charge in [0.05, 0.1) is 20.2 Å². The summed E-state index contributed by atoms with van der Waals surface area (Å²) in [7, 11) is 1.62. The van der Waals surface area contributed by atoms with Crippen molar-refractivity contribution in [2.24, 2.45) is 0 Å². The van der Waals surface area contributed by atoms with Crippen LogP contribution in [0.4, 0.5) is 10.5 Å². The number of anilines is 1. The topological polar surface area (TPSA) is 67.9 Å². The van der Waals surface area contributed by atoms with E-state index < -0.39 is 0 Å². The molecule has 0 aromatic heterocycles. The number of cyclic esters (lactones) is 1. The standard InChI is InChI=1S/C22H26N2O4/c1-15-4-8-18(12-16(15)2)24-14-20(28-22(24)26)13-23-21(25)11-7-17-5-9-19(27-3)10-6-17/h4-6,8-10,12,20H,7,11,13-14H2,1-3H3,(H,23,25). The molecule has 1 heterocycles. The maximum absolute atomic E-state index is 12.2. The van der Waals surface area contributed by atoms with Gasteiger partial charge in [0.2, 0.25) is 5.91 Å². The van der Waals surface area contributed by atoms with E-state index >= 15 is 0 Å². The fraction of sp³-hybridized carbons (Fsp3) is 0.364. The summed E-state index contributed by atoms with van der Waals surface area (Å²) < 4.78 is 10.5. The Hall–Kier alpha value is -3.02. The van der Waals surface area contributed by atoms with Crippen LogP contribution >= 0.6 is 0 Å². The molecule has 1 N–H and O–H groups in total. The molecule has 1 aliphatic rings. The zero-order chi connectivity index (χ0) is 20.1. The SMILES string of the molecule is COc1ccc(CCC(=O)NCC2CN(c3ccc(C)c(C)c3)C(=O)O2)cc1. The van der Waals surface area contributed by atoms with E-state index in [0.29, 0.717) is 25.9 Å². The number of nitrogens with one attached hydrogen (secondary N) is 1. The number of nitrogens with zero attached hydrogens (tertiary/aromatic N) is 1. The second-order valence-corrected chi connectivity index (χ2v) is 7.04. The molecule has 0 spiro atoms. The maximum Gasteiger partial charge on any atom is 0.414 e. The van der Waals surface area contributed by atoms with Gasteiger partial charge in [0.25, 0.3) is 0 Å². The summed E-state index contributed by atoms with van der Waals surface area (Å²) in [5, 5.41) is 2.86. The monoisotopic (exact) mass is 382 g/mol. The van der Waals surface area contributed by atoms with E-state index in [9.17, 15) is 9.59 Å². The van der Waals surface area contributed by atoms with Crippen molar-refractivity contribution in [1.29, 1.82) is 0 Å². The van der Waals surface area contributed by atoms with Crippen LogP contribution in [0.2, 0.25) is 0 Å². The number of rotatable bonds is 7. The van der Waals surface area contributed by atoms with Gasteiger partial charge in [-0.15, -0.1) is 0 Å². The van der Waals surface area contributed by atoms with Gasteiger partial charge in [-0.05, 0) is 61.2 Å². The summed E-state index contributed by atoms with van der Waals surface area (Å²) >= 11 is 0. The van der Waals surface area contributed by atoms with E-state index in [4.69, 9.17) is 9.47 Å². The predicted molar refractivity (Wildman–Crippen MR) is 108 cm³/mol. The van der Waals surface area contributed by atoms with Crippen molar-refractivity contribution in [3.05, 3.63) is 59.2 Å². The fourth-order valence-corrected chi connectivity index (χ4v) is 3.10. The quantitative estimate of drug-likeness (QED) is 0.797. The van der Waals surface area contributed by atoms with Gasteiger partial charge in [0.1, 0.15) is 11.9 Å². The van der Waals surface area contributed by atoms with Gasteiger partial charge >= 0.3 is 6.09 Å². The van der Waals surface area contributed by atoms with Crippen LogP contribution in [0.5, 0.6) is 5.75 Å². The van der Waals surface area contributed by atoms with Crippen molar-refractivity contribution in [3.8, 4) is 5.75 Å². The van der Waals surface area contributed by atoms with Crippen LogP contribution in [0.1, 0.15) is 23.1 Å². The number of hydrogen-bond acceptors (Lipinski definition) is 4. The number of carbonyl (C=O) groups excluding carboxylic acids is 2. The zero-order valence-corrected chi connectivity index (χ0v) is 16.5. The molecule has 3 rings (SSSR count). The number of ether oxygens (including phenoxy) is 2. The minimum atomic E-state index is -0.374. The molecule has 2 aromatic rings. The lowest BCUT2D eigenvalue weighted by Gasteiger charge is -2.14. The molecule has 2 amide bonds. The Labute approximate surface area is 165 Å². The number of amides is 2. The molecule has 1 atom stereocenters. The lowest BCUT2D eigenvalue weighted by Crippen LogP contribution is -2.34. The van der Waals surface area contributed by atoms with Crippen LogP contribution in [0.25, 0.3) is 0 Å². The maximum atomic E-state index is 12.2. The molecule has 28 heavy (non-hydrogen) atoms. The number of hydrogen-bond donors (Lipinski definition) is 1. The first-order valence-electron chi connectivity index (χ1n) is 9.41. The van der Waals surface area contributed by atoms with Crippen molar-refractivity contribution < 1.29 is 19.1 Å². The molecule has 0 bridgehead atoms. The Morgan fingerprint density at radius 2 is 1.93 bits per heavy atom. The van der Waals surface area contributed by atoms with Crippen LogP contribution in [-0.2, 0) is 16.0 Å². The lowest BCUT2D eigenvalue weighted by molar-refractivity contribution is -0.121. The fourth-order valence-electron chi connectivity index (χ4n) is 3.10. The van der Waals surface area contributed by atoms with Gasteiger partial charge in [0, 0.05) is 12.1 Å². The second kappa shape index (κ2) is 8.78. The highest BCUT2D eigenvalue weighted by atomic mass is 16.6. The van der Waals surface area contributed by atoms with Crippen molar-refractivity contribution in [2.45, 2.75) is 32.8 Å². The van der Waals surface area contributed by atoms with Gasteiger partial charge < -0.3 is 14.8 Å². The summed E-state index contributed by atoms with van der Waals surface area (Å²) in [6.45, 7) is 4.79. The molecule has 6 heteroatoms. The van der Waals surface area contributed by atoms with Crippen molar-refractivity contribution >= 4 is 17.7 Å². The van der Waals surface area contributed by atoms with Crippen LogP contribution in [0.3, 0.4) is 0 Å². The first-order chi connectivity index (χ1) is 13.5. The number of benzene rings is 2. The molecule has 0 saturated carbocycles. The van der Waals surface area contributed by atoms with Gasteiger partial charge in [-0.25, -0.2) is 4.79 Å². The van der Waals surface area contributed by atoms with Gasteiger partial charge in [-0.1, -0.05) is 18.2 Å². The van der Waals surface area contributed by atoms with E-state index in [1.807, 2.05) is 56.3 Å². The van der Waals surface area contributed by atoms with Gasteiger partial charge in [0.15, 0.2) is 0 Å². The average Bonchev–Trinajstić information content (AvgIpc) is 3.08. The van der Waals surface area contributed by atoms with Crippen LogP contribution in [0.15, 0.2) is 42.5 Å². The first kappa shape index (κ1) is 19.7. The minimum absolute atomic E-state index is 0.0588. The van der Waals surface area contributed by atoms with E-state index in [0.717, 1.165) is 22.6 Å². The second-order valence-electron chi connectivity index (χ2n) is 7.04. The largest absolute Gasteiger partial charge is 0.497 e. The Kier molecular flexibility index (Phi) is 6.19. The molecule has 2 aromatic carbocycles. The molecule has 1 saturated heterocycles. The normalized spacial score (nSPS) is 16.0. The highest BCUT2D eigenvalue weighted by molar-refractivity contribution is 5.90. The molecule has 1 unspecified atom stereocenters. The number of aryl methyl sites for hydroxylation is 3. The van der Waals surface area contributed by atoms with Crippen molar-refractivity contribution in [2.75, 3.05) is 25.1 Å². The summed E-state index contributed by atoms with van der Waals surface area (Å²) in [6, 6.07) is 13.6. The highest BCUT2D eigenvalue weighted by Crippen LogP contribution is 2.24. The summed E-state index contributed by atoms with van der Waals surface area (Å²) in [5.74, 6) is 0.737. The van der Waals surface area contributed by atoms with Crippen molar-refractivity contribution in [1.82, 2.24) is 5.32 Å². The van der Waals surface area contributed by atoms with Crippen LogP contribution in [-0.4, -0.2) is 38.3 Å². The minimum Gasteiger partial charge on any atom is -0.497 e. The molecule has 148 valence electrons.